The topological polar surface area (TPSA) is 42.6 Å². The van der Waals surface area contributed by atoms with E-state index in [4.69, 9.17) is 4.74 Å². The van der Waals surface area contributed by atoms with Crippen molar-refractivity contribution in [3.63, 3.8) is 0 Å². The molecule has 3 rings (SSSR count). The van der Waals surface area contributed by atoms with Crippen LogP contribution >= 0.6 is 11.3 Å². The minimum absolute atomic E-state index is 0.762. The van der Waals surface area contributed by atoms with E-state index in [1.165, 1.54) is 5.69 Å². The lowest BCUT2D eigenvalue weighted by Gasteiger charge is -2.10. The van der Waals surface area contributed by atoms with Crippen molar-refractivity contribution in [3.05, 3.63) is 47.1 Å². The molecule has 0 aliphatic carbocycles. The van der Waals surface area contributed by atoms with Gasteiger partial charge in [0.05, 0.1) is 19.1 Å². The Labute approximate surface area is 152 Å². The van der Waals surface area contributed by atoms with Crippen LogP contribution in [0.2, 0.25) is 0 Å². The number of aryl methyl sites for hydroxylation is 1. The highest BCUT2D eigenvalue weighted by Crippen LogP contribution is 2.32. The maximum atomic E-state index is 5.25. The van der Waals surface area contributed by atoms with Crippen LogP contribution in [0.5, 0.6) is 5.75 Å². The van der Waals surface area contributed by atoms with Gasteiger partial charge in [-0.05, 0) is 44.2 Å². The van der Waals surface area contributed by atoms with Crippen molar-refractivity contribution in [2.75, 3.05) is 21.2 Å². The van der Waals surface area contributed by atoms with E-state index in [-0.39, 0.29) is 0 Å². The summed E-state index contributed by atoms with van der Waals surface area (Å²) in [5, 5.41) is 2.82. The first-order valence-corrected chi connectivity index (χ1v) is 8.87. The summed E-state index contributed by atoms with van der Waals surface area (Å²) in [6.45, 7) is 4.23. The summed E-state index contributed by atoms with van der Waals surface area (Å²) in [6, 6.07) is 10.3. The van der Waals surface area contributed by atoms with Gasteiger partial charge in [-0.15, -0.1) is 11.3 Å². The van der Waals surface area contributed by atoms with E-state index >= 15 is 0 Å². The van der Waals surface area contributed by atoms with Crippen molar-refractivity contribution in [3.8, 4) is 22.7 Å². The van der Waals surface area contributed by atoms with Gasteiger partial charge in [0.25, 0.3) is 0 Å². The van der Waals surface area contributed by atoms with Crippen LogP contribution < -0.4 is 4.74 Å². The van der Waals surface area contributed by atoms with E-state index in [0.717, 1.165) is 33.5 Å². The molecule has 130 valence electrons. The Balaban J connectivity index is 1.96. The number of aromatic nitrogens is 2. The largest absolute Gasteiger partial charge is 0.497 e. The van der Waals surface area contributed by atoms with Crippen molar-refractivity contribution in [2.24, 2.45) is 4.99 Å². The summed E-state index contributed by atoms with van der Waals surface area (Å²) in [7, 11) is 5.57. The van der Waals surface area contributed by atoms with Gasteiger partial charge in [0, 0.05) is 42.1 Å². The molecule has 0 fully saturated rings. The van der Waals surface area contributed by atoms with E-state index < -0.39 is 0 Å². The second-order valence-corrected chi connectivity index (χ2v) is 6.88. The molecule has 0 bridgehead atoms. The van der Waals surface area contributed by atoms with Gasteiger partial charge in [-0.3, -0.25) is 0 Å². The Morgan fingerprint density at radius 2 is 1.92 bits per heavy atom. The van der Waals surface area contributed by atoms with Crippen LogP contribution in [-0.2, 0) is 0 Å². The molecule has 6 heteroatoms. The summed E-state index contributed by atoms with van der Waals surface area (Å²) in [5.41, 5.74) is 5.54. The number of hydrogen-bond donors (Lipinski definition) is 0. The molecule has 2 aromatic heterocycles. The van der Waals surface area contributed by atoms with E-state index in [1.54, 1.807) is 24.8 Å². The minimum Gasteiger partial charge on any atom is -0.497 e. The number of benzene rings is 1. The molecular weight excluding hydrogens is 332 g/mol. The van der Waals surface area contributed by atoms with Crippen LogP contribution in [0, 0.1) is 13.8 Å². The third kappa shape index (κ3) is 3.58. The Bertz CT molecular complexity index is 891. The number of ether oxygens (including phenoxy) is 1. The average molecular weight is 354 g/mol. The average Bonchev–Trinajstić information content (AvgIpc) is 3.17. The number of methoxy groups -OCH3 is 1. The van der Waals surface area contributed by atoms with Gasteiger partial charge in [0.15, 0.2) is 0 Å². The predicted octanol–water partition coefficient (Wildman–Crippen LogP) is 4.45. The molecule has 0 aliphatic rings. The second-order valence-electron chi connectivity index (χ2n) is 6.04. The maximum Gasteiger partial charge on any atom is 0.211 e. The molecule has 0 unspecified atom stereocenters. The fourth-order valence-electron chi connectivity index (χ4n) is 2.76. The van der Waals surface area contributed by atoms with Gasteiger partial charge in [0.1, 0.15) is 5.75 Å². The quantitative estimate of drug-likeness (QED) is 0.502. The van der Waals surface area contributed by atoms with E-state index in [9.17, 15) is 0 Å². The molecule has 0 aliphatic heterocycles. The zero-order valence-corrected chi connectivity index (χ0v) is 16.0. The first-order chi connectivity index (χ1) is 12.0. The summed E-state index contributed by atoms with van der Waals surface area (Å²) in [5.74, 6) is 0.856. The van der Waals surface area contributed by atoms with Gasteiger partial charge in [-0.25, -0.2) is 9.98 Å². The smallest absolute Gasteiger partial charge is 0.211 e. The van der Waals surface area contributed by atoms with E-state index in [0.29, 0.717) is 0 Å². The fourth-order valence-corrected chi connectivity index (χ4v) is 3.42. The SMILES string of the molecule is COc1ccc(-n2c(C)cc(-c3csc(/N=C/N(C)C)n3)c2C)cc1. The van der Waals surface area contributed by atoms with Crippen LogP contribution in [0.1, 0.15) is 11.4 Å². The fraction of sp³-hybridized carbons (Fsp3) is 0.263. The molecule has 3 aromatic rings. The monoisotopic (exact) mass is 354 g/mol. The van der Waals surface area contributed by atoms with Gasteiger partial charge >= 0.3 is 0 Å². The molecule has 25 heavy (non-hydrogen) atoms. The van der Waals surface area contributed by atoms with Crippen LogP contribution in [-0.4, -0.2) is 42.0 Å². The van der Waals surface area contributed by atoms with Crippen LogP contribution in [0.3, 0.4) is 0 Å². The van der Waals surface area contributed by atoms with Crippen LogP contribution in [0.4, 0.5) is 5.13 Å². The lowest BCUT2D eigenvalue weighted by atomic mass is 10.2. The van der Waals surface area contributed by atoms with Gasteiger partial charge in [-0.1, -0.05) is 0 Å². The molecule has 0 spiro atoms. The highest BCUT2D eigenvalue weighted by molar-refractivity contribution is 7.13. The van der Waals surface area contributed by atoms with Crippen molar-refractivity contribution >= 4 is 22.8 Å². The number of thiazole rings is 1. The molecule has 0 radical (unpaired) electrons. The third-order valence-electron chi connectivity index (χ3n) is 3.93. The number of rotatable bonds is 5. The summed E-state index contributed by atoms with van der Waals surface area (Å²) in [4.78, 5) is 10.9. The predicted molar refractivity (Wildman–Crippen MR) is 105 cm³/mol. The number of aliphatic imine (C=N–C) groups is 1. The van der Waals surface area contributed by atoms with Gasteiger partial charge in [-0.2, -0.15) is 0 Å². The molecule has 1 aromatic carbocycles. The van der Waals surface area contributed by atoms with Gasteiger partial charge < -0.3 is 14.2 Å². The first kappa shape index (κ1) is 17.2. The standard InChI is InChI=1S/C19H22N4OS/c1-13-10-17(18-11-25-19(21-18)20-12-22(3)4)14(2)23(13)15-6-8-16(24-5)9-7-15/h6-12H,1-5H3/b20-12+. The normalized spacial score (nSPS) is 11.2. The van der Waals surface area contributed by atoms with Crippen LogP contribution in [0.25, 0.3) is 16.9 Å². The highest BCUT2D eigenvalue weighted by Gasteiger charge is 2.14. The Morgan fingerprint density at radius 3 is 2.56 bits per heavy atom. The lowest BCUT2D eigenvalue weighted by molar-refractivity contribution is 0.414. The summed E-state index contributed by atoms with van der Waals surface area (Å²) < 4.78 is 7.48. The second kappa shape index (κ2) is 7.11. The molecule has 5 nitrogen and oxygen atoms in total. The summed E-state index contributed by atoms with van der Waals surface area (Å²) >= 11 is 1.55. The molecule has 2 heterocycles. The van der Waals surface area contributed by atoms with E-state index in [2.05, 4.69) is 52.0 Å². The van der Waals surface area contributed by atoms with Crippen LogP contribution in [0.15, 0.2) is 40.7 Å². The zero-order valence-electron chi connectivity index (χ0n) is 15.1. The third-order valence-corrected chi connectivity index (χ3v) is 4.68. The zero-order chi connectivity index (χ0) is 18.0. The lowest BCUT2D eigenvalue weighted by Crippen LogP contribution is -2.06. The van der Waals surface area contributed by atoms with Gasteiger partial charge in [0.2, 0.25) is 5.13 Å². The molecule has 0 saturated heterocycles. The highest BCUT2D eigenvalue weighted by atomic mass is 32.1. The van der Waals surface area contributed by atoms with Crippen molar-refractivity contribution < 1.29 is 4.74 Å². The molecule has 0 saturated carbocycles. The first-order valence-electron chi connectivity index (χ1n) is 7.99. The molecule has 0 amide bonds. The molecule has 0 N–H and O–H groups in total. The van der Waals surface area contributed by atoms with Crippen molar-refractivity contribution in [1.82, 2.24) is 14.5 Å². The summed E-state index contributed by atoms with van der Waals surface area (Å²) in [6.07, 6.45) is 1.77. The Kier molecular flexibility index (Phi) is 4.90. The van der Waals surface area contributed by atoms with Crippen molar-refractivity contribution in [1.29, 1.82) is 0 Å². The number of nitrogens with zero attached hydrogens (tertiary/aromatic N) is 4. The van der Waals surface area contributed by atoms with E-state index in [1.807, 2.05) is 31.1 Å². The van der Waals surface area contributed by atoms with Crippen molar-refractivity contribution in [2.45, 2.75) is 13.8 Å². The number of hydrogen-bond acceptors (Lipinski definition) is 4. The Morgan fingerprint density at radius 1 is 1.20 bits per heavy atom. The molecule has 0 atom stereocenters. The Hall–Kier alpha value is -2.60. The minimum atomic E-state index is 0.762. The maximum absolute atomic E-state index is 5.25. The molecular formula is C19H22N4OS.